The second kappa shape index (κ2) is 9.53. The van der Waals surface area contributed by atoms with Gasteiger partial charge < -0.3 is 14.8 Å². The first kappa shape index (κ1) is 22.0. The lowest BCUT2D eigenvalue weighted by Crippen LogP contribution is -2.14. The van der Waals surface area contributed by atoms with E-state index < -0.39 is 0 Å². The maximum atomic E-state index is 12.6. The first-order chi connectivity index (χ1) is 16.0. The zero-order chi connectivity index (χ0) is 23.4. The Labute approximate surface area is 192 Å². The summed E-state index contributed by atoms with van der Waals surface area (Å²) in [6.07, 6.45) is 0.127. The zero-order valence-electron chi connectivity index (χ0n) is 18.7. The fraction of sp³-hybridized carbons (Fsp3) is 0.148. The van der Waals surface area contributed by atoms with E-state index in [4.69, 9.17) is 9.47 Å². The van der Waals surface area contributed by atoms with E-state index in [1.165, 1.54) is 7.11 Å². The number of esters is 1. The van der Waals surface area contributed by atoms with Crippen molar-refractivity contribution in [2.24, 2.45) is 0 Å². The number of benzene rings is 3. The van der Waals surface area contributed by atoms with Crippen LogP contribution in [0.15, 0.2) is 72.8 Å². The first-order valence-electron chi connectivity index (χ1n) is 10.6. The molecule has 0 saturated carbocycles. The molecule has 1 N–H and O–H groups in total. The molecule has 6 nitrogen and oxygen atoms in total. The molecule has 0 bridgehead atoms. The van der Waals surface area contributed by atoms with Crippen molar-refractivity contribution in [2.75, 3.05) is 12.4 Å². The van der Waals surface area contributed by atoms with Gasteiger partial charge in [0.1, 0.15) is 11.5 Å². The molecule has 0 aliphatic carbocycles. The van der Waals surface area contributed by atoms with Gasteiger partial charge in [-0.3, -0.25) is 14.6 Å². The van der Waals surface area contributed by atoms with Gasteiger partial charge in [-0.1, -0.05) is 30.3 Å². The number of carbonyl (C=O) groups excluding carboxylic acids is 2. The Balaban J connectivity index is 1.43. The van der Waals surface area contributed by atoms with E-state index in [-0.39, 0.29) is 18.3 Å². The lowest BCUT2D eigenvalue weighted by molar-refractivity contribution is -0.133. The smallest absolute Gasteiger partial charge is 0.315 e. The Morgan fingerprint density at radius 1 is 0.909 bits per heavy atom. The minimum Gasteiger partial charge on any atom is -0.496 e. The van der Waals surface area contributed by atoms with Gasteiger partial charge in [-0.05, 0) is 67.4 Å². The maximum absolute atomic E-state index is 12.6. The highest BCUT2D eigenvalue weighted by Gasteiger charge is 2.15. The molecule has 1 heterocycles. The zero-order valence-corrected chi connectivity index (χ0v) is 18.7. The maximum Gasteiger partial charge on any atom is 0.315 e. The molecule has 0 fully saturated rings. The number of methoxy groups -OCH3 is 1. The Morgan fingerprint density at radius 2 is 1.61 bits per heavy atom. The molecule has 0 atom stereocenters. The van der Waals surface area contributed by atoms with Crippen LogP contribution in [0.3, 0.4) is 0 Å². The Kier molecular flexibility index (Phi) is 6.36. The normalized spacial score (nSPS) is 10.6. The number of hydrogen-bond acceptors (Lipinski definition) is 5. The van der Waals surface area contributed by atoms with Crippen LogP contribution >= 0.6 is 0 Å². The summed E-state index contributed by atoms with van der Waals surface area (Å²) in [6, 6.07) is 21.5. The predicted octanol–water partition coefficient (Wildman–Crippen LogP) is 5.26. The summed E-state index contributed by atoms with van der Waals surface area (Å²) in [4.78, 5) is 29.8. The number of para-hydroxylation sites is 2. The number of carbonyl (C=O) groups is 2. The molecule has 3 aromatic carbocycles. The van der Waals surface area contributed by atoms with Crippen LogP contribution in [-0.2, 0) is 11.2 Å². The molecule has 4 rings (SSSR count). The number of amides is 1. The van der Waals surface area contributed by atoms with Gasteiger partial charge in [0.05, 0.1) is 24.6 Å². The molecular weight excluding hydrogens is 416 g/mol. The third-order valence-electron chi connectivity index (χ3n) is 5.50. The van der Waals surface area contributed by atoms with Crippen molar-refractivity contribution in [3.8, 4) is 11.5 Å². The van der Waals surface area contributed by atoms with Crippen molar-refractivity contribution in [1.82, 2.24) is 4.98 Å². The van der Waals surface area contributed by atoms with Crippen molar-refractivity contribution in [1.29, 1.82) is 0 Å². The third kappa shape index (κ3) is 4.85. The standard InChI is InChI=1S/C27H24N2O4/c1-17-21-8-4-6-10-24(21)28-18(2)23(17)16-26(30)33-20-14-12-19(13-15-20)29-27(31)22-9-5-7-11-25(22)32-3/h4-15H,16H2,1-3H3,(H,29,31). The molecule has 0 aliphatic heterocycles. The van der Waals surface area contributed by atoms with Crippen LogP contribution in [0.1, 0.15) is 27.2 Å². The van der Waals surface area contributed by atoms with Gasteiger partial charge in [0.2, 0.25) is 0 Å². The van der Waals surface area contributed by atoms with Gasteiger partial charge >= 0.3 is 5.97 Å². The van der Waals surface area contributed by atoms with Crippen LogP contribution in [0.5, 0.6) is 11.5 Å². The Hall–Kier alpha value is -4.19. The van der Waals surface area contributed by atoms with Gasteiger partial charge in [-0.25, -0.2) is 0 Å². The van der Waals surface area contributed by atoms with E-state index in [9.17, 15) is 9.59 Å². The van der Waals surface area contributed by atoms with Crippen LogP contribution in [0.2, 0.25) is 0 Å². The fourth-order valence-corrected chi connectivity index (χ4v) is 3.78. The molecule has 6 heteroatoms. The molecular formula is C27H24N2O4. The van der Waals surface area contributed by atoms with Crippen molar-refractivity contribution in [3.63, 3.8) is 0 Å². The first-order valence-corrected chi connectivity index (χ1v) is 10.6. The van der Waals surface area contributed by atoms with Crippen LogP contribution in [0, 0.1) is 13.8 Å². The average molecular weight is 440 g/mol. The lowest BCUT2D eigenvalue weighted by atomic mass is 10.00. The summed E-state index contributed by atoms with van der Waals surface area (Å²) in [6.45, 7) is 3.90. The number of aryl methyl sites for hydroxylation is 2. The van der Waals surface area contributed by atoms with Crippen molar-refractivity contribution in [3.05, 3.63) is 95.2 Å². The average Bonchev–Trinajstić information content (AvgIpc) is 2.83. The molecule has 0 unspecified atom stereocenters. The predicted molar refractivity (Wildman–Crippen MR) is 128 cm³/mol. The topological polar surface area (TPSA) is 77.5 Å². The molecule has 33 heavy (non-hydrogen) atoms. The Bertz CT molecular complexity index is 1330. The minimum absolute atomic E-state index is 0.127. The second-order valence-electron chi connectivity index (χ2n) is 7.65. The van der Waals surface area contributed by atoms with E-state index in [2.05, 4.69) is 10.3 Å². The number of pyridine rings is 1. The van der Waals surface area contributed by atoms with Crippen molar-refractivity contribution >= 4 is 28.5 Å². The van der Waals surface area contributed by atoms with Crippen molar-refractivity contribution in [2.45, 2.75) is 20.3 Å². The van der Waals surface area contributed by atoms with Crippen LogP contribution in [-0.4, -0.2) is 24.0 Å². The molecule has 0 radical (unpaired) electrons. The van der Waals surface area contributed by atoms with E-state index in [0.717, 1.165) is 27.7 Å². The molecule has 166 valence electrons. The molecule has 1 amide bonds. The third-order valence-corrected chi connectivity index (χ3v) is 5.50. The second-order valence-corrected chi connectivity index (χ2v) is 7.65. The molecule has 0 spiro atoms. The van der Waals surface area contributed by atoms with Gasteiger partial charge in [-0.2, -0.15) is 0 Å². The summed E-state index contributed by atoms with van der Waals surface area (Å²) < 4.78 is 10.8. The molecule has 4 aromatic rings. The molecule has 0 aliphatic rings. The van der Waals surface area contributed by atoms with Crippen LogP contribution in [0.25, 0.3) is 10.9 Å². The van der Waals surface area contributed by atoms with E-state index in [1.54, 1.807) is 48.5 Å². The number of fused-ring (bicyclic) bond motifs is 1. The van der Waals surface area contributed by atoms with Gasteiger partial charge in [-0.15, -0.1) is 0 Å². The van der Waals surface area contributed by atoms with Crippen molar-refractivity contribution < 1.29 is 19.1 Å². The number of aromatic nitrogens is 1. The fourth-order valence-electron chi connectivity index (χ4n) is 3.78. The largest absolute Gasteiger partial charge is 0.496 e. The number of hydrogen-bond donors (Lipinski definition) is 1. The van der Waals surface area contributed by atoms with Gasteiger partial charge in [0, 0.05) is 16.8 Å². The Morgan fingerprint density at radius 3 is 2.36 bits per heavy atom. The number of rotatable bonds is 6. The number of anilines is 1. The quantitative estimate of drug-likeness (QED) is 0.327. The molecule has 0 saturated heterocycles. The summed E-state index contributed by atoms with van der Waals surface area (Å²) in [5.41, 5.74) is 4.65. The number of nitrogens with zero attached hydrogens (tertiary/aromatic N) is 1. The van der Waals surface area contributed by atoms with E-state index >= 15 is 0 Å². The lowest BCUT2D eigenvalue weighted by Gasteiger charge is -2.12. The van der Waals surface area contributed by atoms with Gasteiger partial charge in [0.15, 0.2) is 0 Å². The summed E-state index contributed by atoms with van der Waals surface area (Å²) in [5.74, 6) is 0.240. The van der Waals surface area contributed by atoms with Crippen LogP contribution < -0.4 is 14.8 Å². The number of ether oxygens (including phenoxy) is 2. The number of nitrogens with one attached hydrogen (secondary N) is 1. The summed E-state index contributed by atoms with van der Waals surface area (Å²) >= 11 is 0. The van der Waals surface area contributed by atoms with Crippen LogP contribution in [0.4, 0.5) is 5.69 Å². The minimum atomic E-state index is -0.371. The van der Waals surface area contributed by atoms with E-state index in [1.807, 2.05) is 38.1 Å². The SMILES string of the molecule is COc1ccccc1C(=O)Nc1ccc(OC(=O)Cc2c(C)nc3ccccc3c2C)cc1. The van der Waals surface area contributed by atoms with E-state index in [0.29, 0.717) is 22.7 Å². The van der Waals surface area contributed by atoms with Gasteiger partial charge in [0.25, 0.3) is 5.91 Å². The monoisotopic (exact) mass is 440 g/mol. The highest BCUT2D eigenvalue weighted by molar-refractivity contribution is 6.06. The highest BCUT2D eigenvalue weighted by atomic mass is 16.5. The summed E-state index contributed by atoms with van der Waals surface area (Å²) in [7, 11) is 1.52. The highest BCUT2D eigenvalue weighted by Crippen LogP contribution is 2.24. The molecule has 1 aromatic heterocycles. The summed E-state index contributed by atoms with van der Waals surface area (Å²) in [5, 5.41) is 3.85.